The van der Waals surface area contributed by atoms with E-state index in [1.807, 2.05) is 13.8 Å². The van der Waals surface area contributed by atoms with Crippen LogP contribution < -0.4 is 15.3 Å². The molecular weight excluding hydrogens is 183 g/mol. The van der Waals surface area contributed by atoms with Gasteiger partial charge in [0.15, 0.2) is 0 Å². The van der Waals surface area contributed by atoms with Crippen LogP contribution >= 0.6 is 0 Å². The summed E-state index contributed by atoms with van der Waals surface area (Å²) in [4.78, 5) is 0. The summed E-state index contributed by atoms with van der Waals surface area (Å²) in [5.41, 5.74) is 0. The molecule has 0 aromatic carbocycles. The molecule has 0 bridgehead atoms. The molecule has 4 heteroatoms. The van der Waals surface area contributed by atoms with E-state index in [-0.39, 0.29) is 30.6 Å². The van der Waals surface area contributed by atoms with Gasteiger partial charge in [0.25, 0.3) is 0 Å². The molecule has 3 nitrogen and oxygen atoms in total. The fourth-order valence-electron chi connectivity index (χ4n) is 0.289. The van der Waals surface area contributed by atoms with Gasteiger partial charge >= 0.3 is 17.4 Å². The number of rotatable bonds is 4. The molecule has 0 N–H and O–H groups in total. The van der Waals surface area contributed by atoms with Gasteiger partial charge in [-0.3, -0.25) is 0 Å². The summed E-state index contributed by atoms with van der Waals surface area (Å²) in [6.07, 6.45) is 3.73. The summed E-state index contributed by atoms with van der Waals surface area (Å²) in [7, 11) is 0.750. The molecule has 0 aliphatic rings. The predicted molar refractivity (Wildman–Crippen MR) is 51.2 cm³/mol. The summed E-state index contributed by atoms with van der Waals surface area (Å²) in [6.45, 7) is 4.21. The quantitative estimate of drug-likeness (QED) is 0.545. The van der Waals surface area contributed by atoms with Crippen LogP contribution in [0.1, 0.15) is 39.5 Å². The van der Waals surface area contributed by atoms with E-state index >= 15 is 0 Å². The van der Waals surface area contributed by atoms with E-state index in [1.165, 1.54) is 0 Å². The van der Waals surface area contributed by atoms with Crippen LogP contribution in [-0.4, -0.2) is 37.7 Å². The van der Waals surface area contributed by atoms with Crippen molar-refractivity contribution >= 4 is 17.4 Å². The maximum atomic E-state index is 9.53. The van der Waals surface area contributed by atoms with Gasteiger partial charge in [-0.15, -0.1) is 13.2 Å². The minimum Gasteiger partial charge on any atom is -0.857 e. The van der Waals surface area contributed by atoms with E-state index < -0.39 is 0 Å². The van der Waals surface area contributed by atoms with Crippen molar-refractivity contribution in [3.63, 3.8) is 0 Å². The van der Waals surface area contributed by atoms with Crippen molar-refractivity contribution < 1.29 is 15.3 Å². The molecule has 0 aromatic heterocycles. The smallest absolute Gasteiger partial charge is 0.857 e. The van der Waals surface area contributed by atoms with Crippen molar-refractivity contribution in [1.82, 2.24) is 0 Å². The normalized spacial score (nSPS) is 6.92. The molecule has 0 saturated carbocycles. The van der Waals surface area contributed by atoms with E-state index in [2.05, 4.69) is 0 Å². The summed E-state index contributed by atoms with van der Waals surface area (Å²) in [5.74, 6) is 0. The van der Waals surface area contributed by atoms with Gasteiger partial charge in [0.2, 0.25) is 0 Å². The first-order valence-electron chi connectivity index (χ1n) is 4.40. The molecule has 0 radical (unpaired) electrons. The third kappa shape index (κ3) is 69.1. The summed E-state index contributed by atoms with van der Waals surface area (Å²) < 4.78 is 0. The Balaban J connectivity index is -0.0000000491. The van der Waals surface area contributed by atoms with Crippen LogP contribution in [0.2, 0.25) is 0 Å². The zero-order chi connectivity index (χ0) is 10.2. The molecule has 0 fully saturated rings. The fourth-order valence-corrected chi connectivity index (χ4v) is 0.289. The Morgan fingerprint density at radius 2 is 1.00 bits per heavy atom. The van der Waals surface area contributed by atoms with Gasteiger partial charge in [-0.05, 0) is 0 Å². The summed E-state index contributed by atoms with van der Waals surface area (Å²) in [5, 5.41) is 27.3. The first kappa shape index (κ1) is 23.3. The van der Waals surface area contributed by atoms with Gasteiger partial charge in [-0.2, -0.15) is 7.11 Å². The van der Waals surface area contributed by atoms with Crippen LogP contribution in [-0.2, 0) is 0 Å². The van der Waals surface area contributed by atoms with Crippen LogP contribution in [0.3, 0.4) is 0 Å². The minimum atomic E-state index is 0. The fraction of sp³-hybridized carbons (Fsp3) is 1.00. The van der Waals surface area contributed by atoms with Gasteiger partial charge in [-0.25, -0.2) is 0 Å². The standard InChI is InChI=1S/2C4H9O.CH3O.Al/c2*1-2-3-4-5;1-2;/h2*2-4H2,1H3;1H3;/q3*-1;+3. The van der Waals surface area contributed by atoms with Gasteiger partial charge in [0, 0.05) is 0 Å². The number of unbranched alkanes of at least 4 members (excludes halogenated alkanes) is 2. The van der Waals surface area contributed by atoms with Crippen LogP contribution in [0.25, 0.3) is 0 Å². The molecule has 0 heterocycles. The van der Waals surface area contributed by atoms with Crippen molar-refractivity contribution in [2.45, 2.75) is 39.5 Å². The molecule has 0 spiro atoms. The van der Waals surface area contributed by atoms with Crippen molar-refractivity contribution in [2.24, 2.45) is 0 Å². The first-order chi connectivity index (χ1) is 5.83. The van der Waals surface area contributed by atoms with E-state index in [9.17, 15) is 10.2 Å². The van der Waals surface area contributed by atoms with E-state index in [0.717, 1.165) is 32.8 Å². The molecular formula is C9H21AlO3. The maximum Gasteiger partial charge on any atom is 3.00 e. The second-order valence-electron chi connectivity index (χ2n) is 2.12. The SMILES string of the molecule is CCCC[O-].CCCC[O-].C[O-].[Al+3]. The molecule has 13 heavy (non-hydrogen) atoms. The Kier molecular flexibility index (Phi) is 70.5. The molecule has 0 rings (SSSR count). The summed E-state index contributed by atoms with van der Waals surface area (Å²) >= 11 is 0. The zero-order valence-electron chi connectivity index (χ0n) is 9.04. The van der Waals surface area contributed by atoms with E-state index in [1.54, 1.807) is 0 Å². The molecule has 78 valence electrons. The third-order valence-corrected chi connectivity index (χ3v) is 0.996. The average Bonchev–Trinajstić information content (AvgIpc) is 2.12. The Bertz CT molecular complexity index is 35.8. The summed E-state index contributed by atoms with van der Waals surface area (Å²) in [6, 6.07) is 0. The monoisotopic (exact) mass is 204 g/mol. The van der Waals surface area contributed by atoms with Crippen molar-refractivity contribution in [2.75, 3.05) is 20.3 Å². The van der Waals surface area contributed by atoms with Gasteiger partial charge < -0.3 is 15.3 Å². The second kappa shape index (κ2) is 39.3. The molecule has 0 aliphatic heterocycles. The van der Waals surface area contributed by atoms with E-state index in [4.69, 9.17) is 5.11 Å². The Morgan fingerprint density at radius 3 is 1.00 bits per heavy atom. The van der Waals surface area contributed by atoms with Crippen LogP contribution in [0.5, 0.6) is 0 Å². The molecule has 0 aromatic rings. The Morgan fingerprint density at radius 1 is 0.769 bits per heavy atom. The van der Waals surface area contributed by atoms with Crippen molar-refractivity contribution in [3.05, 3.63) is 0 Å². The number of hydrogen-bond acceptors (Lipinski definition) is 3. The second-order valence-corrected chi connectivity index (χ2v) is 2.12. The maximum absolute atomic E-state index is 9.53. The molecule has 0 atom stereocenters. The molecule has 0 saturated heterocycles. The zero-order valence-corrected chi connectivity index (χ0v) is 10.2. The Hall–Kier alpha value is 0.412. The van der Waals surface area contributed by atoms with Crippen molar-refractivity contribution in [3.8, 4) is 0 Å². The average molecular weight is 204 g/mol. The topological polar surface area (TPSA) is 69.2 Å². The van der Waals surface area contributed by atoms with Crippen molar-refractivity contribution in [1.29, 1.82) is 0 Å². The molecule has 0 aliphatic carbocycles. The van der Waals surface area contributed by atoms with Crippen LogP contribution in [0.4, 0.5) is 0 Å². The molecule has 0 unspecified atom stereocenters. The Labute approximate surface area is 92.9 Å². The number of hydrogen-bond donors (Lipinski definition) is 0. The van der Waals surface area contributed by atoms with E-state index in [0.29, 0.717) is 0 Å². The predicted octanol–water partition coefficient (Wildman–Crippen LogP) is -1.11. The van der Waals surface area contributed by atoms with Gasteiger partial charge in [0.05, 0.1) is 0 Å². The largest absolute Gasteiger partial charge is 3.00 e. The minimum absolute atomic E-state index is 0. The first-order valence-corrected chi connectivity index (χ1v) is 4.40. The molecule has 0 amide bonds. The van der Waals surface area contributed by atoms with Gasteiger partial charge in [-0.1, -0.05) is 39.5 Å². The van der Waals surface area contributed by atoms with Crippen LogP contribution in [0, 0.1) is 0 Å². The van der Waals surface area contributed by atoms with Gasteiger partial charge in [0.1, 0.15) is 0 Å². The van der Waals surface area contributed by atoms with Crippen LogP contribution in [0.15, 0.2) is 0 Å². The third-order valence-electron chi connectivity index (χ3n) is 0.996.